The number of carbonyl (C=O) groups excluding carboxylic acids is 2. The van der Waals surface area contributed by atoms with Crippen LogP contribution in [0.4, 0.5) is 11.4 Å². The smallest absolute Gasteiger partial charge is 0.243 e. The number of hydrogen-bond acceptors (Lipinski definition) is 5. The number of ether oxygens (including phenoxy) is 1. The fourth-order valence-corrected chi connectivity index (χ4v) is 4.99. The minimum Gasteiger partial charge on any atom is -0.495 e. The number of nitrogens with one attached hydrogen (secondary N) is 2. The first kappa shape index (κ1) is 20.8. The van der Waals surface area contributed by atoms with Gasteiger partial charge >= 0.3 is 0 Å². The number of nitrogens with zero attached hydrogens (tertiary/aromatic N) is 1. The zero-order valence-corrected chi connectivity index (χ0v) is 17.0. The molecule has 1 atom stereocenters. The van der Waals surface area contributed by atoms with Crippen LogP contribution in [-0.2, 0) is 19.6 Å². The first-order valence-electron chi connectivity index (χ1n) is 9.16. The molecule has 2 N–H and O–H groups in total. The topological polar surface area (TPSA) is 105 Å². The molecule has 1 saturated heterocycles. The van der Waals surface area contributed by atoms with E-state index >= 15 is 0 Å². The zero-order chi connectivity index (χ0) is 21.0. The molecule has 3 rings (SSSR count). The summed E-state index contributed by atoms with van der Waals surface area (Å²) < 4.78 is 32.3. The summed E-state index contributed by atoms with van der Waals surface area (Å²) in [6.45, 7) is 1.66. The van der Waals surface area contributed by atoms with Crippen molar-refractivity contribution < 1.29 is 22.7 Å². The van der Waals surface area contributed by atoms with Gasteiger partial charge in [-0.05, 0) is 43.2 Å². The Morgan fingerprint density at radius 3 is 2.48 bits per heavy atom. The van der Waals surface area contributed by atoms with E-state index in [1.165, 1.54) is 30.5 Å². The Morgan fingerprint density at radius 1 is 1.10 bits per heavy atom. The number of benzene rings is 2. The summed E-state index contributed by atoms with van der Waals surface area (Å²) in [5.41, 5.74) is 0.849. The summed E-state index contributed by atoms with van der Waals surface area (Å²) in [4.78, 5) is 24.4. The Balaban J connectivity index is 1.81. The van der Waals surface area contributed by atoms with Gasteiger partial charge in [-0.3, -0.25) is 9.59 Å². The van der Waals surface area contributed by atoms with Gasteiger partial charge in [0.15, 0.2) is 0 Å². The highest BCUT2D eigenvalue weighted by Crippen LogP contribution is 2.30. The molecule has 0 aliphatic carbocycles. The lowest BCUT2D eigenvalue weighted by Crippen LogP contribution is -2.43. The fraction of sp³-hybridized carbons (Fsp3) is 0.300. The lowest BCUT2D eigenvalue weighted by molar-refractivity contribution is -0.119. The lowest BCUT2D eigenvalue weighted by Gasteiger charge is -2.23. The van der Waals surface area contributed by atoms with Crippen LogP contribution in [0, 0.1) is 0 Å². The maximum Gasteiger partial charge on any atom is 0.243 e. The third kappa shape index (κ3) is 4.57. The van der Waals surface area contributed by atoms with Crippen LogP contribution < -0.4 is 15.4 Å². The Hall–Kier alpha value is -2.91. The van der Waals surface area contributed by atoms with Crippen molar-refractivity contribution in [2.45, 2.75) is 30.7 Å². The number of sulfonamides is 1. The molecular formula is C20H23N3O5S. The highest BCUT2D eigenvalue weighted by atomic mass is 32.2. The molecule has 0 spiro atoms. The van der Waals surface area contributed by atoms with Crippen molar-refractivity contribution in [2.75, 3.05) is 24.3 Å². The average Bonchev–Trinajstić information content (AvgIpc) is 3.19. The molecule has 1 fully saturated rings. The maximum atomic E-state index is 12.9. The Labute approximate surface area is 169 Å². The highest BCUT2D eigenvalue weighted by Gasteiger charge is 2.39. The van der Waals surface area contributed by atoms with Gasteiger partial charge in [-0.2, -0.15) is 4.31 Å². The van der Waals surface area contributed by atoms with Crippen LogP contribution in [-0.4, -0.2) is 44.2 Å². The number of anilines is 2. The van der Waals surface area contributed by atoms with E-state index < -0.39 is 22.0 Å². The average molecular weight is 417 g/mol. The van der Waals surface area contributed by atoms with E-state index in [0.29, 0.717) is 30.0 Å². The van der Waals surface area contributed by atoms with Gasteiger partial charge < -0.3 is 15.4 Å². The van der Waals surface area contributed by atoms with Gasteiger partial charge in [0.2, 0.25) is 21.8 Å². The summed E-state index contributed by atoms with van der Waals surface area (Å²) in [5.74, 6) is -0.240. The third-order valence-corrected chi connectivity index (χ3v) is 6.56. The molecule has 0 radical (unpaired) electrons. The van der Waals surface area contributed by atoms with Crippen LogP contribution in [0.3, 0.4) is 0 Å². The van der Waals surface area contributed by atoms with Gasteiger partial charge in [-0.25, -0.2) is 8.42 Å². The first-order chi connectivity index (χ1) is 13.8. The van der Waals surface area contributed by atoms with E-state index in [1.54, 1.807) is 36.4 Å². The normalized spacial score (nSPS) is 17.0. The van der Waals surface area contributed by atoms with Crippen LogP contribution in [0.1, 0.15) is 19.8 Å². The SMILES string of the molecule is COc1ccc(NC(=O)C2CCCN2S(=O)(=O)c2ccccc2)cc1NC(C)=O. The van der Waals surface area contributed by atoms with Gasteiger partial charge in [0.1, 0.15) is 11.8 Å². The molecular weight excluding hydrogens is 394 g/mol. The van der Waals surface area contributed by atoms with Crippen molar-refractivity contribution in [2.24, 2.45) is 0 Å². The molecule has 1 aliphatic heterocycles. The minimum absolute atomic E-state index is 0.164. The van der Waals surface area contributed by atoms with E-state index in [4.69, 9.17) is 4.74 Å². The Kier molecular flexibility index (Phi) is 6.19. The second-order valence-electron chi connectivity index (χ2n) is 6.67. The van der Waals surface area contributed by atoms with Gasteiger partial charge in [0.05, 0.1) is 17.7 Å². The van der Waals surface area contributed by atoms with Crippen molar-refractivity contribution in [1.29, 1.82) is 0 Å². The molecule has 1 aliphatic rings. The number of amides is 2. The summed E-state index contributed by atoms with van der Waals surface area (Å²) >= 11 is 0. The molecule has 1 unspecified atom stereocenters. The molecule has 2 amide bonds. The van der Waals surface area contributed by atoms with E-state index in [9.17, 15) is 18.0 Å². The lowest BCUT2D eigenvalue weighted by atomic mass is 10.2. The molecule has 9 heteroatoms. The Morgan fingerprint density at radius 2 is 1.83 bits per heavy atom. The van der Waals surface area contributed by atoms with Crippen LogP contribution in [0.15, 0.2) is 53.4 Å². The molecule has 8 nitrogen and oxygen atoms in total. The molecule has 1 heterocycles. The summed E-state index contributed by atoms with van der Waals surface area (Å²) in [6, 6.07) is 12.1. The predicted molar refractivity (Wildman–Crippen MR) is 109 cm³/mol. The highest BCUT2D eigenvalue weighted by molar-refractivity contribution is 7.89. The third-order valence-electron chi connectivity index (χ3n) is 4.63. The van der Waals surface area contributed by atoms with Gasteiger partial charge in [0.25, 0.3) is 0 Å². The van der Waals surface area contributed by atoms with Gasteiger partial charge in [-0.1, -0.05) is 18.2 Å². The van der Waals surface area contributed by atoms with E-state index in [-0.39, 0.29) is 17.3 Å². The van der Waals surface area contributed by atoms with Crippen LogP contribution in [0.2, 0.25) is 0 Å². The monoisotopic (exact) mass is 417 g/mol. The Bertz CT molecular complexity index is 1010. The van der Waals surface area contributed by atoms with E-state index in [0.717, 1.165) is 0 Å². The van der Waals surface area contributed by atoms with Crippen LogP contribution in [0.25, 0.3) is 0 Å². The molecule has 154 valence electrons. The second kappa shape index (κ2) is 8.62. The van der Waals surface area contributed by atoms with Crippen LogP contribution >= 0.6 is 0 Å². The molecule has 0 aromatic heterocycles. The maximum absolute atomic E-state index is 12.9. The summed E-state index contributed by atoms with van der Waals surface area (Å²) in [5, 5.41) is 5.39. The number of hydrogen-bond donors (Lipinski definition) is 2. The molecule has 29 heavy (non-hydrogen) atoms. The summed E-state index contributed by atoms with van der Waals surface area (Å²) in [6.07, 6.45) is 1.04. The first-order valence-corrected chi connectivity index (χ1v) is 10.6. The minimum atomic E-state index is -3.76. The van der Waals surface area contributed by atoms with Crippen molar-refractivity contribution in [3.05, 3.63) is 48.5 Å². The predicted octanol–water partition coefficient (Wildman–Crippen LogP) is 2.45. The van der Waals surface area contributed by atoms with E-state index in [1.807, 2.05) is 0 Å². The molecule has 2 aromatic carbocycles. The van der Waals surface area contributed by atoms with Crippen LogP contribution in [0.5, 0.6) is 5.75 Å². The van der Waals surface area contributed by atoms with Gasteiger partial charge in [-0.15, -0.1) is 0 Å². The standard InChI is InChI=1S/C20H23N3O5S/c1-14(24)21-17-13-15(10-11-19(17)28-2)22-20(25)18-9-6-12-23(18)29(26,27)16-7-4-3-5-8-16/h3-5,7-8,10-11,13,18H,6,9,12H2,1-2H3,(H,21,24)(H,22,25). The van der Waals surface area contributed by atoms with E-state index in [2.05, 4.69) is 10.6 Å². The summed E-state index contributed by atoms with van der Waals surface area (Å²) in [7, 11) is -2.29. The van der Waals surface area contributed by atoms with Crippen molar-refractivity contribution in [3.63, 3.8) is 0 Å². The number of carbonyl (C=O) groups is 2. The van der Waals surface area contributed by atoms with Crippen molar-refractivity contribution in [1.82, 2.24) is 4.31 Å². The van der Waals surface area contributed by atoms with Crippen molar-refractivity contribution >= 4 is 33.2 Å². The van der Waals surface area contributed by atoms with Gasteiger partial charge in [0, 0.05) is 19.2 Å². The molecule has 0 saturated carbocycles. The largest absolute Gasteiger partial charge is 0.495 e. The number of rotatable bonds is 6. The quantitative estimate of drug-likeness (QED) is 0.751. The zero-order valence-electron chi connectivity index (χ0n) is 16.2. The molecule has 0 bridgehead atoms. The second-order valence-corrected chi connectivity index (χ2v) is 8.56. The fourth-order valence-electron chi connectivity index (χ4n) is 3.32. The molecule has 2 aromatic rings. The van der Waals surface area contributed by atoms with Crippen molar-refractivity contribution in [3.8, 4) is 5.75 Å². The number of methoxy groups -OCH3 is 1.